The van der Waals surface area contributed by atoms with Crippen LogP contribution in [0.15, 0.2) is 24.3 Å². The van der Waals surface area contributed by atoms with Crippen molar-refractivity contribution in [2.45, 2.75) is 26.9 Å². The van der Waals surface area contributed by atoms with Gasteiger partial charge in [-0.25, -0.2) is 0 Å². The number of hydrogen-bond donors (Lipinski definition) is 1. The van der Waals surface area contributed by atoms with E-state index in [1.54, 1.807) is 0 Å². The standard InChI is InChI=1S/C12H20N2.2ClH/c1-3-14(4-2)10-12-7-5-11(9-13)6-8-12;;/h5-8H,3-4,9-10,13H2,1-2H3;2*1H. The zero-order valence-electron chi connectivity index (χ0n) is 9.98. The molecule has 0 saturated heterocycles. The minimum absolute atomic E-state index is 0. The molecule has 0 aliphatic rings. The minimum atomic E-state index is 0. The van der Waals surface area contributed by atoms with E-state index in [1.807, 2.05) is 0 Å². The summed E-state index contributed by atoms with van der Waals surface area (Å²) in [5, 5.41) is 0. The lowest BCUT2D eigenvalue weighted by Gasteiger charge is -2.17. The molecule has 1 rings (SSSR count). The van der Waals surface area contributed by atoms with Gasteiger partial charge in [-0.1, -0.05) is 38.1 Å². The maximum Gasteiger partial charge on any atom is 0.0233 e. The van der Waals surface area contributed by atoms with Gasteiger partial charge in [0.05, 0.1) is 0 Å². The van der Waals surface area contributed by atoms with Crippen LogP contribution in [-0.2, 0) is 13.1 Å². The van der Waals surface area contributed by atoms with Gasteiger partial charge in [-0.2, -0.15) is 0 Å². The molecule has 4 heteroatoms. The molecule has 2 N–H and O–H groups in total. The van der Waals surface area contributed by atoms with E-state index in [0.29, 0.717) is 6.54 Å². The Balaban J connectivity index is 0. The summed E-state index contributed by atoms with van der Waals surface area (Å²) in [4.78, 5) is 2.40. The number of nitrogens with two attached hydrogens (primary N) is 1. The van der Waals surface area contributed by atoms with Crippen LogP contribution in [0.2, 0.25) is 0 Å². The molecule has 0 aliphatic carbocycles. The van der Waals surface area contributed by atoms with Gasteiger partial charge in [-0.05, 0) is 24.2 Å². The highest BCUT2D eigenvalue weighted by Crippen LogP contribution is 2.06. The van der Waals surface area contributed by atoms with E-state index in [1.165, 1.54) is 11.1 Å². The van der Waals surface area contributed by atoms with Crippen molar-refractivity contribution in [2.75, 3.05) is 13.1 Å². The monoisotopic (exact) mass is 264 g/mol. The summed E-state index contributed by atoms with van der Waals surface area (Å²) in [6.45, 7) is 8.27. The first kappa shape index (κ1) is 18.1. The first-order valence-electron chi connectivity index (χ1n) is 5.30. The SMILES string of the molecule is CCN(CC)Cc1ccc(CN)cc1.Cl.Cl. The van der Waals surface area contributed by atoms with Crippen molar-refractivity contribution in [3.63, 3.8) is 0 Å². The molecule has 0 heterocycles. The molecule has 2 nitrogen and oxygen atoms in total. The van der Waals surface area contributed by atoms with E-state index in [-0.39, 0.29) is 24.8 Å². The van der Waals surface area contributed by atoms with Crippen LogP contribution in [0.25, 0.3) is 0 Å². The fraction of sp³-hybridized carbons (Fsp3) is 0.500. The van der Waals surface area contributed by atoms with Crippen molar-refractivity contribution in [1.82, 2.24) is 4.90 Å². The summed E-state index contributed by atoms with van der Waals surface area (Å²) in [5.41, 5.74) is 8.11. The summed E-state index contributed by atoms with van der Waals surface area (Å²) >= 11 is 0. The number of hydrogen-bond acceptors (Lipinski definition) is 2. The highest BCUT2D eigenvalue weighted by molar-refractivity contribution is 5.85. The maximum atomic E-state index is 5.54. The van der Waals surface area contributed by atoms with Gasteiger partial charge in [-0.3, -0.25) is 4.90 Å². The molecule has 0 aliphatic heterocycles. The van der Waals surface area contributed by atoms with E-state index in [0.717, 1.165) is 19.6 Å². The van der Waals surface area contributed by atoms with Crippen LogP contribution >= 0.6 is 24.8 Å². The molecule has 0 unspecified atom stereocenters. The van der Waals surface area contributed by atoms with Gasteiger partial charge < -0.3 is 5.73 Å². The normalized spacial score (nSPS) is 9.50. The molecule has 1 aromatic rings. The first-order valence-corrected chi connectivity index (χ1v) is 5.30. The van der Waals surface area contributed by atoms with Gasteiger partial charge in [0.1, 0.15) is 0 Å². The zero-order valence-corrected chi connectivity index (χ0v) is 11.6. The van der Waals surface area contributed by atoms with E-state index in [2.05, 4.69) is 43.0 Å². The Morgan fingerprint density at radius 3 is 1.75 bits per heavy atom. The smallest absolute Gasteiger partial charge is 0.0233 e. The van der Waals surface area contributed by atoms with Crippen LogP contribution in [0, 0.1) is 0 Å². The van der Waals surface area contributed by atoms with Gasteiger partial charge in [0.15, 0.2) is 0 Å². The molecular formula is C12H22Cl2N2. The lowest BCUT2D eigenvalue weighted by molar-refractivity contribution is 0.296. The quantitative estimate of drug-likeness (QED) is 0.887. The van der Waals surface area contributed by atoms with Crippen LogP contribution in [0.1, 0.15) is 25.0 Å². The Morgan fingerprint density at radius 2 is 1.38 bits per heavy atom. The average molecular weight is 265 g/mol. The second-order valence-electron chi connectivity index (χ2n) is 3.48. The highest BCUT2D eigenvalue weighted by atomic mass is 35.5. The predicted octanol–water partition coefficient (Wildman–Crippen LogP) is 2.83. The second-order valence-corrected chi connectivity index (χ2v) is 3.48. The zero-order chi connectivity index (χ0) is 10.4. The summed E-state index contributed by atoms with van der Waals surface area (Å²) in [5.74, 6) is 0. The van der Waals surface area contributed by atoms with Crippen LogP contribution in [0.5, 0.6) is 0 Å². The molecule has 0 fully saturated rings. The number of benzene rings is 1. The van der Waals surface area contributed by atoms with E-state index >= 15 is 0 Å². The van der Waals surface area contributed by atoms with Crippen molar-refractivity contribution in [1.29, 1.82) is 0 Å². The van der Waals surface area contributed by atoms with Crippen molar-refractivity contribution < 1.29 is 0 Å². The van der Waals surface area contributed by atoms with Crippen molar-refractivity contribution in [2.24, 2.45) is 5.73 Å². The molecule has 0 atom stereocenters. The summed E-state index contributed by atoms with van der Waals surface area (Å²) < 4.78 is 0. The summed E-state index contributed by atoms with van der Waals surface area (Å²) in [7, 11) is 0. The van der Waals surface area contributed by atoms with Gasteiger partial charge in [-0.15, -0.1) is 24.8 Å². The Bertz CT molecular complexity index is 258. The van der Waals surface area contributed by atoms with Crippen LogP contribution in [0.3, 0.4) is 0 Å². The Hall–Kier alpha value is -0.280. The largest absolute Gasteiger partial charge is 0.326 e. The molecule has 16 heavy (non-hydrogen) atoms. The molecule has 94 valence electrons. The lowest BCUT2D eigenvalue weighted by atomic mass is 10.1. The van der Waals surface area contributed by atoms with Gasteiger partial charge in [0.25, 0.3) is 0 Å². The summed E-state index contributed by atoms with van der Waals surface area (Å²) in [6, 6.07) is 8.55. The third-order valence-corrected chi connectivity index (χ3v) is 2.56. The van der Waals surface area contributed by atoms with Crippen LogP contribution < -0.4 is 5.73 Å². The Labute approximate surface area is 111 Å². The van der Waals surface area contributed by atoms with Crippen LogP contribution in [-0.4, -0.2) is 18.0 Å². The lowest BCUT2D eigenvalue weighted by Crippen LogP contribution is -2.22. The van der Waals surface area contributed by atoms with E-state index in [9.17, 15) is 0 Å². The third kappa shape index (κ3) is 5.71. The molecule has 0 radical (unpaired) electrons. The van der Waals surface area contributed by atoms with Gasteiger partial charge in [0, 0.05) is 13.1 Å². The minimum Gasteiger partial charge on any atom is -0.326 e. The number of halogens is 2. The van der Waals surface area contributed by atoms with Crippen molar-refractivity contribution in [3.8, 4) is 0 Å². The average Bonchev–Trinajstić information content (AvgIpc) is 2.26. The van der Waals surface area contributed by atoms with E-state index < -0.39 is 0 Å². The fourth-order valence-corrected chi connectivity index (χ4v) is 1.49. The first-order chi connectivity index (χ1) is 6.80. The second kappa shape index (κ2) is 9.91. The molecule has 0 saturated carbocycles. The summed E-state index contributed by atoms with van der Waals surface area (Å²) in [6.07, 6.45) is 0. The van der Waals surface area contributed by atoms with Crippen LogP contribution in [0.4, 0.5) is 0 Å². The number of rotatable bonds is 5. The molecule has 0 spiro atoms. The van der Waals surface area contributed by atoms with E-state index in [4.69, 9.17) is 5.73 Å². The molecule has 0 bridgehead atoms. The van der Waals surface area contributed by atoms with Gasteiger partial charge >= 0.3 is 0 Å². The molecule has 0 aromatic heterocycles. The highest BCUT2D eigenvalue weighted by Gasteiger charge is 2.00. The molecule has 1 aromatic carbocycles. The maximum absolute atomic E-state index is 5.54. The third-order valence-electron chi connectivity index (χ3n) is 2.56. The number of nitrogens with zero attached hydrogens (tertiary/aromatic N) is 1. The topological polar surface area (TPSA) is 29.3 Å². The fourth-order valence-electron chi connectivity index (χ4n) is 1.49. The van der Waals surface area contributed by atoms with Crippen molar-refractivity contribution >= 4 is 24.8 Å². The molecule has 0 amide bonds. The van der Waals surface area contributed by atoms with Gasteiger partial charge in [0.2, 0.25) is 0 Å². The predicted molar refractivity (Wildman–Crippen MR) is 75.5 cm³/mol. The molecular weight excluding hydrogens is 243 g/mol. The Morgan fingerprint density at radius 1 is 0.938 bits per heavy atom. The Kier molecular flexibility index (Phi) is 11.2. The van der Waals surface area contributed by atoms with Crippen molar-refractivity contribution in [3.05, 3.63) is 35.4 Å².